The van der Waals surface area contributed by atoms with Gasteiger partial charge in [-0.3, -0.25) is 0 Å². The maximum Gasteiger partial charge on any atom is 0.238 e. The Balaban J connectivity index is 2.48. The molecule has 76 valence electrons. The molecule has 3 N–H and O–H groups in total. The molecule has 0 aliphatic carbocycles. The third kappa shape index (κ3) is 1.60. The normalized spacial score (nSPS) is 20.3. The highest BCUT2D eigenvalue weighted by Crippen LogP contribution is 2.27. The Labute approximate surface area is 83.2 Å². The maximum absolute atomic E-state index is 11.1. The van der Waals surface area contributed by atoms with Gasteiger partial charge in [-0.05, 0) is 37.1 Å². The predicted molar refractivity (Wildman–Crippen MR) is 54.6 cm³/mol. The van der Waals surface area contributed by atoms with Crippen molar-refractivity contribution >= 4 is 15.7 Å². The summed E-state index contributed by atoms with van der Waals surface area (Å²) in [5, 5.41) is 8.28. The number of hydrogen-bond acceptors (Lipinski definition) is 3. The van der Waals surface area contributed by atoms with E-state index in [1.807, 2.05) is 0 Å². The molecule has 1 aliphatic rings. The van der Waals surface area contributed by atoms with Gasteiger partial charge in [-0.1, -0.05) is 0 Å². The fourth-order valence-electron chi connectivity index (χ4n) is 1.70. The van der Waals surface area contributed by atoms with Gasteiger partial charge in [-0.15, -0.1) is 0 Å². The molecule has 4 nitrogen and oxygen atoms in total. The van der Waals surface area contributed by atoms with Crippen LogP contribution in [-0.4, -0.2) is 14.5 Å². The molecule has 1 atom stereocenters. The fourth-order valence-corrected chi connectivity index (χ4v) is 2.27. The third-order valence-electron chi connectivity index (χ3n) is 2.33. The minimum Gasteiger partial charge on any atom is -0.382 e. The van der Waals surface area contributed by atoms with E-state index in [2.05, 4.69) is 12.2 Å². The monoisotopic (exact) mass is 212 g/mol. The Bertz CT molecular complexity index is 468. The van der Waals surface area contributed by atoms with E-state index in [0.29, 0.717) is 6.04 Å². The van der Waals surface area contributed by atoms with Crippen LogP contribution >= 0.6 is 0 Å². The van der Waals surface area contributed by atoms with Crippen molar-refractivity contribution in [3.63, 3.8) is 0 Å². The number of nitrogens with two attached hydrogens (primary N) is 1. The number of nitrogens with one attached hydrogen (secondary N) is 1. The number of primary sulfonamides is 1. The zero-order chi connectivity index (χ0) is 10.3. The highest BCUT2D eigenvalue weighted by molar-refractivity contribution is 7.89. The molecule has 0 aromatic heterocycles. The SMILES string of the molecule is C[C@@H]1Cc2cc(S(N)(=O)=O)ccc2N1. The van der Waals surface area contributed by atoms with Gasteiger partial charge in [0.25, 0.3) is 0 Å². The minimum absolute atomic E-state index is 0.187. The lowest BCUT2D eigenvalue weighted by atomic mass is 10.1. The van der Waals surface area contributed by atoms with Crippen molar-refractivity contribution in [2.75, 3.05) is 5.32 Å². The van der Waals surface area contributed by atoms with Crippen molar-refractivity contribution < 1.29 is 8.42 Å². The van der Waals surface area contributed by atoms with Crippen LogP contribution in [0.2, 0.25) is 0 Å². The van der Waals surface area contributed by atoms with Crippen LogP contribution in [0.25, 0.3) is 0 Å². The molecular formula is C9H12N2O2S. The molecule has 0 unspecified atom stereocenters. The highest BCUT2D eigenvalue weighted by Gasteiger charge is 2.18. The van der Waals surface area contributed by atoms with Crippen LogP contribution < -0.4 is 10.5 Å². The van der Waals surface area contributed by atoms with Crippen LogP contribution in [0.15, 0.2) is 23.1 Å². The van der Waals surface area contributed by atoms with Gasteiger partial charge in [-0.2, -0.15) is 0 Å². The van der Waals surface area contributed by atoms with Crippen LogP contribution in [0.5, 0.6) is 0 Å². The molecule has 0 saturated heterocycles. The summed E-state index contributed by atoms with van der Waals surface area (Å²) in [5.74, 6) is 0. The second-order valence-corrected chi connectivity index (χ2v) is 5.17. The molecule has 1 aromatic rings. The number of fused-ring (bicyclic) bond motifs is 1. The molecule has 14 heavy (non-hydrogen) atoms. The summed E-state index contributed by atoms with van der Waals surface area (Å²) in [6, 6.07) is 5.29. The molecule has 0 saturated carbocycles. The van der Waals surface area contributed by atoms with Crippen LogP contribution in [-0.2, 0) is 16.4 Å². The van der Waals surface area contributed by atoms with Crippen LogP contribution in [0.4, 0.5) is 5.69 Å². The molecule has 0 amide bonds. The first-order chi connectivity index (χ1) is 6.47. The second-order valence-electron chi connectivity index (χ2n) is 3.61. The van der Waals surface area contributed by atoms with E-state index in [1.54, 1.807) is 12.1 Å². The van der Waals surface area contributed by atoms with Crippen molar-refractivity contribution in [1.82, 2.24) is 0 Å². The van der Waals surface area contributed by atoms with E-state index in [0.717, 1.165) is 17.7 Å². The summed E-state index contributed by atoms with van der Waals surface area (Å²) in [6.45, 7) is 2.05. The minimum atomic E-state index is -3.57. The topological polar surface area (TPSA) is 72.2 Å². The second kappa shape index (κ2) is 2.96. The quantitative estimate of drug-likeness (QED) is 0.719. The summed E-state index contributed by atoms with van der Waals surface area (Å²) in [6.07, 6.45) is 0.846. The Hall–Kier alpha value is -1.07. The zero-order valence-corrected chi connectivity index (χ0v) is 8.64. The predicted octanol–water partition coefficient (Wildman–Crippen LogP) is 0.691. The van der Waals surface area contributed by atoms with Gasteiger partial charge in [0.2, 0.25) is 10.0 Å². The van der Waals surface area contributed by atoms with Gasteiger partial charge in [0, 0.05) is 11.7 Å². The summed E-state index contributed by atoms with van der Waals surface area (Å²) < 4.78 is 22.1. The van der Waals surface area contributed by atoms with Crippen molar-refractivity contribution in [2.24, 2.45) is 5.14 Å². The lowest BCUT2D eigenvalue weighted by Crippen LogP contribution is -2.12. The molecule has 0 bridgehead atoms. The number of benzene rings is 1. The van der Waals surface area contributed by atoms with Gasteiger partial charge in [0.15, 0.2) is 0 Å². The van der Waals surface area contributed by atoms with Crippen molar-refractivity contribution in [3.05, 3.63) is 23.8 Å². The maximum atomic E-state index is 11.1. The Morgan fingerprint density at radius 1 is 1.50 bits per heavy atom. The van der Waals surface area contributed by atoms with Crippen molar-refractivity contribution in [3.8, 4) is 0 Å². The fraction of sp³-hybridized carbons (Fsp3) is 0.333. The molecule has 0 spiro atoms. The van der Waals surface area contributed by atoms with Crippen LogP contribution in [0, 0.1) is 0 Å². The lowest BCUT2D eigenvalue weighted by Gasteiger charge is -2.02. The smallest absolute Gasteiger partial charge is 0.238 e. The van der Waals surface area contributed by atoms with Gasteiger partial charge in [0.1, 0.15) is 0 Å². The summed E-state index contributed by atoms with van der Waals surface area (Å²) >= 11 is 0. The molecule has 1 aliphatic heterocycles. The number of hydrogen-bond donors (Lipinski definition) is 2. The largest absolute Gasteiger partial charge is 0.382 e. The Kier molecular flexibility index (Phi) is 2.01. The van der Waals surface area contributed by atoms with Crippen molar-refractivity contribution in [1.29, 1.82) is 0 Å². The Morgan fingerprint density at radius 2 is 2.21 bits per heavy atom. The average molecular weight is 212 g/mol. The van der Waals surface area contributed by atoms with E-state index >= 15 is 0 Å². The van der Waals surface area contributed by atoms with Gasteiger partial charge < -0.3 is 5.32 Å². The van der Waals surface area contributed by atoms with E-state index in [4.69, 9.17) is 5.14 Å². The molecule has 5 heteroatoms. The summed E-state index contributed by atoms with van der Waals surface area (Å²) in [7, 11) is -3.57. The van der Waals surface area contributed by atoms with Crippen molar-refractivity contribution in [2.45, 2.75) is 24.3 Å². The van der Waals surface area contributed by atoms with Gasteiger partial charge in [0.05, 0.1) is 4.90 Å². The first-order valence-corrected chi connectivity index (χ1v) is 5.94. The zero-order valence-electron chi connectivity index (χ0n) is 7.82. The van der Waals surface area contributed by atoms with E-state index in [1.165, 1.54) is 6.07 Å². The molecule has 1 aromatic carbocycles. The lowest BCUT2D eigenvalue weighted by molar-refractivity contribution is 0.597. The van der Waals surface area contributed by atoms with E-state index in [-0.39, 0.29) is 4.90 Å². The number of anilines is 1. The van der Waals surface area contributed by atoms with Gasteiger partial charge >= 0.3 is 0 Å². The number of rotatable bonds is 1. The molecule has 0 fully saturated rings. The standard InChI is InChI=1S/C9H12N2O2S/c1-6-4-7-5-8(14(10,12)13)2-3-9(7)11-6/h2-3,5-6,11H,4H2,1H3,(H2,10,12,13)/t6-/m1/s1. The molecule has 1 heterocycles. The van der Waals surface area contributed by atoms with Crippen LogP contribution in [0.3, 0.4) is 0 Å². The molecule has 2 rings (SSSR count). The highest BCUT2D eigenvalue weighted by atomic mass is 32.2. The first-order valence-electron chi connectivity index (χ1n) is 4.39. The van der Waals surface area contributed by atoms with Crippen LogP contribution in [0.1, 0.15) is 12.5 Å². The van der Waals surface area contributed by atoms with E-state index < -0.39 is 10.0 Å². The average Bonchev–Trinajstić information content (AvgIpc) is 2.41. The first kappa shape index (κ1) is 9.48. The Morgan fingerprint density at radius 3 is 2.86 bits per heavy atom. The third-order valence-corrected chi connectivity index (χ3v) is 3.24. The number of sulfonamides is 1. The molecule has 0 radical (unpaired) electrons. The van der Waals surface area contributed by atoms with E-state index in [9.17, 15) is 8.42 Å². The van der Waals surface area contributed by atoms with Gasteiger partial charge in [-0.25, -0.2) is 13.6 Å². The summed E-state index contributed by atoms with van der Waals surface area (Å²) in [5.41, 5.74) is 2.02. The summed E-state index contributed by atoms with van der Waals surface area (Å²) in [4.78, 5) is 0.187. The molecular weight excluding hydrogens is 200 g/mol.